The molecule has 1 saturated heterocycles. The zero-order chi connectivity index (χ0) is 8.97. The molecule has 0 amide bonds. The Morgan fingerprint density at radius 1 is 1.75 bits per heavy atom. The number of aliphatic hydroxyl groups excluding tert-OH is 1. The zero-order valence-electron chi connectivity index (χ0n) is 7.53. The lowest BCUT2D eigenvalue weighted by Gasteiger charge is -2.26. The first-order chi connectivity index (χ1) is 5.83. The Morgan fingerprint density at radius 2 is 2.50 bits per heavy atom. The van der Waals surface area contributed by atoms with Gasteiger partial charge in [0.2, 0.25) is 0 Å². The van der Waals surface area contributed by atoms with Crippen LogP contribution in [0.3, 0.4) is 0 Å². The van der Waals surface area contributed by atoms with Gasteiger partial charge in [-0.15, -0.1) is 0 Å². The van der Waals surface area contributed by atoms with Gasteiger partial charge in [0.25, 0.3) is 0 Å². The van der Waals surface area contributed by atoms with Crippen LogP contribution in [0.5, 0.6) is 0 Å². The van der Waals surface area contributed by atoms with Gasteiger partial charge >= 0.3 is 0 Å². The number of nitrogens with zero attached hydrogens (tertiary/aromatic N) is 2. The third-order valence-corrected chi connectivity index (χ3v) is 2.57. The van der Waals surface area contributed by atoms with E-state index in [0.29, 0.717) is 0 Å². The van der Waals surface area contributed by atoms with E-state index >= 15 is 0 Å². The number of rotatable bonds is 3. The topological polar surface area (TPSA) is 47.3 Å². The van der Waals surface area contributed by atoms with Crippen molar-refractivity contribution in [1.82, 2.24) is 4.90 Å². The zero-order valence-corrected chi connectivity index (χ0v) is 7.53. The molecule has 12 heavy (non-hydrogen) atoms. The van der Waals surface area contributed by atoms with Crippen LogP contribution in [-0.2, 0) is 0 Å². The average Bonchev–Trinajstić information content (AvgIpc) is 2.55. The van der Waals surface area contributed by atoms with Crippen molar-refractivity contribution in [3.63, 3.8) is 0 Å². The minimum Gasteiger partial charge on any atom is -0.395 e. The van der Waals surface area contributed by atoms with Crippen molar-refractivity contribution in [3.8, 4) is 6.07 Å². The largest absolute Gasteiger partial charge is 0.395 e. The van der Waals surface area contributed by atoms with Gasteiger partial charge in [-0.05, 0) is 25.8 Å². The van der Waals surface area contributed by atoms with Crippen molar-refractivity contribution >= 4 is 0 Å². The Hall–Kier alpha value is -0.590. The molecule has 3 heteroatoms. The van der Waals surface area contributed by atoms with Crippen LogP contribution in [0.2, 0.25) is 0 Å². The molecule has 1 rings (SSSR count). The van der Waals surface area contributed by atoms with Crippen LogP contribution in [0.25, 0.3) is 0 Å². The molecule has 3 nitrogen and oxygen atoms in total. The number of nitriles is 1. The summed E-state index contributed by atoms with van der Waals surface area (Å²) < 4.78 is 0. The Morgan fingerprint density at radius 3 is 3.00 bits per heavy atom. The van der Waals surface area contributed by atoms with Gasteiger partial charge in [0.05, 0.1) is 18.7 Å². The molecule has 2 atom stereocenters. The lowest BCUT2D eigenvalue weighted by molar-refractivity contribution is 0.137. The second-order valence-corrected chi connectivity index (χ2v) is 3.27. The van der Waals surface area contributed by atoms with Crippen LogP contribution in [0, 0.1) is 11.3 Å². The molecule has 0 aliphatic carbocycles. The first-order valence-corrected chi connectivity index (χ1v) is 4.59. The fourth-order valence-corrected chi connectivity index (χ4v) is 1.86. The van der Waals surface area contributed by atoms with Crippen LogP contribution in [-0.4, -0.2) is 35.2 Å². The van der Waals surface area contributed by atoms with Crippen LogP contribution in [0.1, 0.15) is 26.2 Å². The maximum absolute atomic E-state index is 9.03. The third-order valence-electron chi connectivity index (χ3n) is 2.57. The Balaban J connectivity index is 2.54. The van der Waals surface area contributed by atoms with Crippen LogP contribution < -0.4 is 0 Å². The highest BCUT2D eigenvalue weighted by Gasteiger charge is 2.28. The molecule has 0 spiro atoms. The van der Waals surface area contributed by atoms with Gasteiger partial charge in [0.1, 0.15) is 0 Å². The summed E-state index contributed by atoms with van der Waals surface area (Å²) in [5.41, 5.74) is 0. The van der Waals surface area contributed by atoms with Crippen molar-refractivity contribution < 1.29 is 5.11 Å². The average molecular weight is 168 g/mol. The van der Waals surface area contributed by atoms with Gasteiger partial charge < -0.3 is 5.11 Å². The summed E-state index contributed by atoms with van der Waals surface area (Å²) in [5.74, 6) is 0. The summed E-state index contributed by atoms with van der Waals surface area (Å²) in [6.07, 6.45) is 3.01. The number of aliphatic hydroxyl groups is 1. The number of hydrogen-bond acceptors (Lipinski definition) is 3. The van der Waals surface area contributed by atoms with Gasteiger partial charge in [-0.3, -0.25) is 4.90 Å². The summed E-state index contributed by atoms with van der Waals surface area (Å²) in [6, 6.07) is 2.51. The minimum absolute atomic E-state index is 0.00431. The molecule has 1 heterocycles. The van der Waals surface area contributed by atoms with E-state index < -0.39 is 0 Å². The Labute approximate surface area is 73.6 Å². The van der Waals surface area contributed by atoms with Gasteiger partial charge in [0.15, 0.2) is 0 Å². The monoisotopic (exact) mass is 168 g/mol. The van der Waals surface area contributed by atoms with Crippen molar-refractivity contribution in [2.45, 2.75) is 38.3 Å². The van der Waals surface area contributed by atoms with Gasteiger partial charge in [-0.2, -0.15) is 5.26 Å². The van der Waals surface area contributed by atoms with E-state index in [2.05, 4.69) is 11.0 Å². The smallest absolute Gasteiger partial charge is 0.0978 e. The number of hydrogen-bond donors (Lipinski definition) is 1. The normalized spacial score (nSPS) is 26.9. The quantitative estimate of drug-likeness (QED) is 0.676. The molecule has 0 bridgehead atoms. The minimum atomic E-state index is 0.00431. The summed E-state index contributed by atoms with van der Waals surface area (Å²) >= 11 is 0. The van der Waals surface area contributed by atoms with Crippen molar-refractivity contribution in [3.05, 3.63) is 0 Å². The summed E-state index contributed by atoms with van der Waals surface area (Å²) in [5, 5.41) is 17.9. The maximum atomic E-state index is 9.03. The van der Waals surface area contributed by atoms with E-state index in [4.69, 9.17) is 10.4 Å². The van der Waals surface area contributed by atoms with E-state index in [1.54, 1.807) is 0 Å². The second kappa shape index (κ2) is 4.44. The molecule has 1 aliphatic rings. The summed E-state index contributed by atoms with van der Waals surface area (Å²) in [7, 11) is 0. The van der Waals surface area contributed by atoms with E-state index in [0.717, 1.165) is 25.8 Å². The van der Waals surface area contributed by atoms with Crippen molar-refractivity contribution in [1.29, 1.82) is 5.26 Å². The van der Waals surface area contributed by atoms with Crippen LogP contribution in [0.4, 0.5) is 0 Å². The fraction of sp³-hybridized carbons (Fsp3) is 0.889. The van der Waals surface area contributed by atoms with Crippen molar-refractivity contribution in [2.75, 3.05) is 13.2 Å². The molecule has 68 valence electrons. The molecular formula is C9H16N2O. The molecule has 0 aromatic rings. The summed E-state index contributed by atoms with van der Waals surface area (Å²) in [6.45, 7) is 3.18. The first kappa shape index (κ1) is 9.50. The first-order valence-electron chi connectivity index (χ1n) is 4.59. The predicted octanol–water partition coefficient (Wildman–Crippen LogP) is 0.745. The molecule has 0 aromatic heterocycles. The predicted molar refractivity (Wildman–Crippen MR) is 46.5 cm³/mol. The Bertz CT molecular complexity index is 176. The SMILES string of the molecule is CCC(C#N)N1CCC[C@H]1CO. The number of likely N-dealkylation sites (tertiary alicyclic amines) is 1. The molecule has 1 fully saturated rings. The molecule has 1 aliphatic heterocycles. The molecule has 0 saturated carbocycles. The Kier molecular flexibility index (Phi) is 3.51. The second-order valence-electron chi connectivity index (χ2n) is 3.27. The molecule has 1 N–H and O–H groups in total. The van der Waals surface area contributed by atoms with Gasteiger partial charge in [0, 0.05) is 6.04 Å². The lowest BCUT2D eigenvalue weighted by Crippen LogP contribution is -2.39. The highest BCUT2D eigenvalue weighted by atomic mass is 16.3. The van der Waals surface area contributed by atoms with E-state index in [1.165, 1.54) is 0 Å². The molecule has 0 aromatic carbocycles. The van der Waals surface area contributed by atoms with Gasteiger partial charge in [-0.25, -0.2) is 0 Å². The highest BCUT2D eigenvalue weighted by Crippen LogP contribution is 2.20. The van der Waals surface area contributed by atoms with E-state index in [9.17, 15) is 0 Å². The van der Waals surface area contributed by atoms with E-state index in [-0.39, 0.29) is 18.7 Å². The summed E-state index contributed by atoms with van der Waals surface area (Å²) in [4.78, 5) is 2.12. The van der Waals surface area contributed by atoms with Crippen LogP contribution >= 0.6 is 0 Å². The van der Waals surface area contributed by atoms with Crippen molar-refractivity contribution in [2.24, 2.45) is 0 Å². The standard InChI is InChI=1S/C9H16N2O/c1-2-8(6-10)11-5-3-4-9(11)7-12/h8-9,12H,2-5,7H2,1H3/t8?,9-/m0/s1. The van der Waals surface area contributed by atoms with Crippen LogP contribution in [0.15, 0.2) is 0 Å². The third kappa shape index (κ3) is 1.77. The molecular weight excluding hydrogens is 152 g/mol. The fourth-order valence-electron chi connectivity index (χ4n) is 1.86. The molecule has 0 radical (unpaired) electrons. The molecule has 1 unspecified atom stereocenters. The lowest BCUT2D eigenvalue weighted by atomic mass is 10.2. The van der Waals surface area contributed by atoms with E-state index in [1.807, 2.05) is 6.92 Å². The van der Waals surface area contributed by atoms with Gasteiger partial charge in [-0.1, -0.05) is 6.92 Å². The highest BCUT2D eigenvalue weighted by molar-refractivity contribution is 4.95. The maximum Gasteiger partial charge on any atom is 0.0978 e.